The predicted molar refractivity (Wildman–Crippen MR) is 83.7 cm³/mol. The van der Waals surface area contributed by atoms with Gasteiger partial charge in [0.2, 0.25) is 5.91 Å². The Hall–Kier alpha value is 0.0500. The summed E-state index contributed by atoms with van der Waals surface area (Å²) in [5.74, 6) is 0.936. The number of halogens is 1. The van der Waals surface area contributed by atoms with Crippen molar-refractivity contribution in [3.8, 4) is 0 Å². The van der Waals surface area contributed by atoms with E-state index in [1.54, 1.807) is 27.8 Å². The van der Waals surface area contributed by atoms with Crippen LogP contribution in [0, 0.1) is 0 Å². The van der Waals surface area contributed by atoms with Crippen LogP contribution in [-0.2, 0) is 4.79 Å². The number of nitrogens with one attached hydrogen (secondary N) is 1. The van der Waals surface area contributed by atoms with Crippen molar-refractivity contribution in [1.29, 1.82) is 0 Å². The molecule has 0 saturated carbocycles. The molecular weight excluding hydrogens is 367 g/mol. The van der Waals surface area contributed by atoms with Crippen molar-refractivity contribution in [2.24, 2.45) is 0 Å². The average molecular weight is 382 g/mol. The lowest BCUT2D eigenvalue weighted by Crippen LogP contribution is -2.28. The van der Waals surface area contributed by atoms with Gasteiger partial charge in [0.1, 0.15) is 5.03 Å². The van der Waals surface area contributed by atoms with Gasteiger partial charge in [-0.3, -0.25) is 4.79 Å². The lowest BCUT2D eigenvalue weighted by Gasteiger charge is -2.05. The molecule has 0 aromatic carbocycles. The summed E-state index contributed by atoms with van der Waals surface area (Å²) < 4.78 is 0.479. The highest BCUT2D eigenvalue weighted by atomic mass is 127. The molecule has 3 nitrogen and oxygen atoms in total. The van der Waals surface area contributed by atoms with E-state index in [4.69, 9.17) is 0 Å². The first-order valence-electron chi connectivity index (χ1n) is 5.29. The molecule has 1 unspecified atom stereocenters. The maximum atomic E-state index is 11.4. The number of hydrogen-bond donors (Lipinski definition) is 1. The molecule has 0 fully saturated rings. The predicted octanol–water partition coefficient (Wildman–Crippen LogP) is 3.15. The molecule has 1 amide bonds. The molecule has 1 aromatic heterocycles. The fourth-order valence-electron chi connectivity index (χ4n) is 0.976. The Morgan fingerprint density at radius 2 is 2.41 bits per heavy atom. The average Bonchev–Trinajstić information content (AvgIpc) is 2.33. The van der Waals surface area contributed by atoms with E-state index in [1.165, 1.54) is 0 Å². The smallest absolute Gasteiger partial charge is 0.220 e. The number of aromatic nitrogens is 1. The van der Waals surface area contributed by atoms with Crippen molar-refractivity contribution in [3.63, 3.8) is 0 Å². The molecule has 1 rings (SSSR count). The van der Waals surface area contributed by atoms with Gasteiger partial charge in [-0.2, -0.15) is 0 Å². The molecule has 0 aliphatic carbocycles. The van der Waals surface area contributed by atoms with Crippen LogP contribution in [0.15, 0.2) is 29.4 Å². The lowest BCUT2D eigenvalue weighted by molar-refractivity contribution is -0.120. The van der Waals surface area contributed by atoms with Crippen LogP contribution in [0.3, 0.4) is 0 Å². The Kier molecular flexibility index (Phi) is 8.04. The van der Waals surface area contributed by atoms with Gasteiger partial charge >= 0.3 is 0 Å². The Balaban J connectivity index is 2.06. The summed E-state index contributed by atoms with van der Waals surface area (Å²) in [6.07, 6.45) is 2.34. The van der Waals surface area contributed by atoms with Crippen LogP contribution in [0.1, 0.15) is 13.3 Å². The van der Waals surface area contributed by atoms with E-state index in [2.05, 4.69) is 39.8 Å². The topological polar surface area (TPSA) is 42.0 Å². The van der Waals surface area contributed by atoms with Crippen molar-refractivity contribution in [1.82, 2.24) is 10.3 Å². The summed E-state index contributed by atoms with van der Waals surface area (Å²) in [4.78, 5) is 15.6. The number of nitrogens with zero attached hydrogens (tertiary/aromatic N) is 1. The minimum Gasteiger partial charge on any atom is -0.355 e. The molecule has 0 saturated heterocycles. The Bertz CT molecular complexity index is 336. The molecule has 6 heteroatoms. The van der Waals surface area contributed by atoms with E-state index in [1.807, 2.05) is 18.2 Å². The number of carbonyl (C=O) groups excluding carboxylic acids is 1. The fraction of sp³-hybridized carbons (Fsp3) is 0.455. The van der Waals surface area contributed by atoms with Crippen LogP contribution in [0.2, 0.25) is 0 Å². The van der Waals surface area contributed by atoms with Gasteiger partial charge in [0.25, 0.3) is 0 Å². The van der Waals surface area contributed by atoms with E-state index in [0.717, 1.165) is 17.3 Å². The van der Waals surface area contributed by atoms with Crippen molar-refractivity contribution in [2.45, 2.75) is 22.3 Å². The van der Waals surface area contributed by atoms with Crippen molar-refractivity contribution >= 4 is 50.1 Å². The van der Waals surface area contributed by atoms with Crippen LogP contribution in [0.4, 0.5) is 0 Å². The minimum absolute atomic E-state index is 0.127. The number of amides is 1. The Morgan fingerprint density at radius 3 is 3.06 bits per heavy atom. The molecule has 94 valence electrons. The molecule has 1 heterocycles. The second kappa shape index (κ2) is 9.04. The van der Waals surface area contributed by atoms with Gasteiger partial charge < -0.3 is 5.32 Å². The zero-order valence-corrected chi connectivity index (χ0v) is 13.3. The first-order valence-corrected chi connectivity index (χ1v) is 8.86. The fourth-order valence-corrected chi connectivity index (χ4v) is 3.06. The van der Waals surface area contributed by atoms with Gasteiger partial charge in [0.15, 0.2) is 0 Å². The molecule has 1 atom stereocenters. The third-order valence-corrected chi connectivity index (χ3v) is 4.48. The van der Waals surface area contributed by atoms with Gasteiger partial charge in [0.05, 0.1) is 0 Å². The van der Waals surface area contributed by atoms with Crippen LogP contribution in [0.5, 0.6) is 0 Å². The SMILES string of the molecule is CC(I)CNC(=O)CCSSc1ccccn1. The van der Waals surface area contributed by atoms with Crippen LogP contribution in [-0.4, -0.2) is 27.1 Å². The quantitative estimate of drug-likeness (QED) is 0.341. The second-order valence-corrected chi connectivity index (χ2v) is 7.97. The third-order valence-electron chi connectivity index (χ3n) is 1.78. The Morgan fingerprint density at radius 1 is 1.59 bits per heavy atom. The van der Waals surface area contributed by atoms with Gasteiger partial charge in [0, 0.05) is 28.8 Å². The largest absolute Gasteiger partial charge is 0.355 e. The molecule has 0 aliphatic heterocycles. The number of pyridine rings is 1. The first-order chi connectivity index (χ1) is 8.18. The van der Waals surface area contributed by atoms with Gasteiger partial charge in [-0.05, 0) is 22.9 Å². The van der Waals surface area contributed by atoms with Crippen LogP contribution in [0.25, 0.3) is 0 Å². The minimum atomic E-state index is 0.127. The highest BCUT2D eigenvalue weighted by Gasteiger charge is 2.03. The van der Waals surface area contributed by atoms with E-state index >= 15 is 0 Å². The number of alkyl halides is 1. The lowest BCUT2D eigenvalue weighted by atomic mass is 10.4. The molecule has 17 heavy (non-hydrogen) atoms. The summed E-state index contributed by atoms with van der Waals surface area (Å²) in [6.45, 7) is 2.82. The molecule has 0 bridgehead atoms. The highest BCUT2D eigenvalue weighted by molar-refractivity contribution is 14.1. The zero-order valence-electron chi connectivity index (χ0n) is 9.56. The number of carbonyl (C=O) groups is 1. The van der Waals surface area contributed by atoms with E-state index in [0.29, 0.717) is 10.3 Å². The summed E-state index contributed by atoms with van der Waals surface area (Å²) in [5.41, 5.74) is 0. The molecule has 0 radical (unpaired) electrons. The second-order valence-electron chi connectivity index (χ2n) is 3.41. The standard InChI is InChI=1S/C11H15IN2OS2/c1-9(12)8-14-10(15)5-7-16-17-11-4-2-3-6-13-11/h2-4,6,9H,5,7-8H2,1H3,(H,14,15). The molecule has 0 spiro atoms. The summed E-state index contributed by atoms with van der Waals surface area (Å²) >= 11 is 2.30. The van der Waals surface area contributed by atoms with Gasteiger partial charge in [-0.25, -0.2) is 4.98 Å². The third kappa shape index (κ3) is 7.88. The summed E-state index contributed by atoms with van der Waals surface area (Å²) in [7, 11) is 3.27. The van der Waals surface area contributed by atoms with Gasteiger partial charge in [-0.1, -0.05) is 46.4 Å². The molecule has 1 aromatic rings. The van der Waals surface area contributed by atoms with E-state index in [-0.39, 0.29) is 5.91 Å². The van der Waals surface area contributed by atoms with E-state index in [9.17, 15) is 4.79 Å². The number of hydrogen-bond acceptors (Lipinski definition) is 4. The first kappa shape index (κ1) is 15.1. The molecule has 1 N–H and O–H groups in total. The van der Waals surface area contributed by atoms with Crippen molar-refractivity contribution in [2.75, 3.05) is 12.3 Å². The summed E-state index contributed by atoms with van der Waals surface area (Å²) in [6, 6.07) is 5.83. The number of rotatable bonds is 7. The van der Waals surface area contributed by atoms with Gasteiger partial charge in [-0.15, -0.1) is 0 Å². The van der Waals surface area contributed by atoms with Crippen molar-refractivity contribution in [3.05, 3.63) is 24.4 Å². The van der Waals surface area contributed by atoms with E-state index < -0.39 is 0 Å². The maximum Gasteiger partial charge on any atom is 0.220 e. The maximum absolute atomic E-state index is 11.4. The van der Waals surface area contributed by atoms with Crippen LogP contribution < -0.4 is 5.32 Å². The Labute approximate surface area is 123 Å². The van der Waals surface area contributed by atoms with Crippen molar-refractivity contribution < 1.29 is 4.79 Å². The normalized spacial score (nSPS) is 12.1. The van der Waals surface area contributed by atoms with Crippen LogP contribution >= 0.6 is 44.2 Å². The zero-order chi connectivity index (χ0) is 12.5. The molecular formula is C11H15IN2OS2. The summed E-state index contributed by atoms with van der Waals surface area (Å²) in [5, 5.41) is 3.88. The molecule has 0 aliphatic rings. The highest BCUT2D eigenvalue weighted by Crippen LogP contribution is 2.29. The monoisotopic (exact) mass is 382 g/mol.